The number of rotatable bonds is 10. The first-order chi connectivity index (χ1) is 22.5. The molecule has 0 spiro atoms. The monoisotopic (exact) mass is 633 g/mol. The van der Waals surface area contributed by atoms with E-state index >= 15 is 0 Å². The Kier molecular flexibility index (Phi) is 9.79. The zero-order valence-electron chi connectivity index (χ0n) is 25.3. The minimum Gasteiger partial charge on any atom is -0.457 e. The number of benzene rings is 4. The van der Waals surface area contributed by atoms with E-state index in [-0.39, 0.29) is 30.2 Å². The average Bonchev–Trinajstić information content (AvgIpc) is 3.10. The minimum absolute atomic E-state index is 0.0408. The number of hydrogen-bond donors (Lipinski definition) is 1. The first-order valence-electron chi connectivity index (χ1n) is 15.4. The van der Waals surface area contributed by atoms with Gasteiger partial charge in [-0.15, -0.1) is 0 Å². The molecule has 2 heterocycles. The second-order valence-electron chi connectivity index (χ2n) is 11.5. The van der Waals surface area contributed by atoms with Crippen LogP contribution in [0.15, 0.2) is 115 Å². The van der Waals surface area contributed by atoms with Crippen molar-refractivity contribution in [2.24, 2.45) is 0 Å². The van der Waals surface area contributed by atoms with Gasteiger partial charge in [0.1, 0.15) is 17.5 Å². The molecule has 0 aromatic heterocycles. The number of hydrogen-bond acceptors (Lipinski definition) is 6. The highest BCUT2D eigenvalue weighted by Crippen LogP contribution is 2.30. The van der Waals surface area contributed by atoms with Crippen LogP contribution >= 0.6 is 11.8 Å². The van der Waals surface area contributed by atoms with Crippen molar-refractivity contribution < 1.29 is 23.9 Å². The van der Waals surface area contributed by atoms with Crippen molar-refractivity contribution >= 4 is 35.3 Å². The van der Waals surface area contributed by atoms with Gasteiger partial charge in [0.25, 0.3) is 11.8 Å². The van der Waals surface area contributed by atoms with Crippen LogP contribution in [0.4, 0.5) is 0 Å². The number of ketones is 1. The molecule has 46 heavy (non-hydrogen) atoms. The number of amides is 3. The van der Waals surface area contributed by atoms with Gasteiger partial charge < -0.3 is 19.9 Å². The van der Waals surface area contributed by atoms with E-state index in [4.69, 9.17) is 4.74 Å². The van der Waals surface area contributed by atoms with Crippen LogP contribution in [0.2, 0.25) is 0 Å². The molecule has 2 aliphatic heterocycles. The van der Waals surface area contributed by atoms with Gasteiger partial charge in [-0.05, 0) is 60.9 Å². The number of likely N-dealkylation sites (tertiary alicyclic amines) is 2. The zero-order valence-corrected chi connectivity index (χ0v) is 26.1. The van der Waals surface area contributed by atoms with Crippen molar-refractivity contribution in [1.29, 1.82) is 0 Å². The third-order valence-corrected chi connectivity index (χ3v) is 9.46. The number of carbonyl (C=O) groups is 4. The molecule has 1 N–H and O–H groups in total. The molecule has 0 aliphatic carbocycles. The van der Waals surface area contributed by atoms with Crippen molar-refractivity contribution in [2.45, 2.75) is 36.7 Å². The molecule has 6 rings (SSSR count). The van der Waals surface area contributed by atoms with Crippen LogP contribution in [0.1, 0.15) is 39.1 Å². The predicted molar refractivity (Wildman–Crippen MR) is 178 cm³/mol. The molecule has 2 saturated heterocycles. The summed E-state index contributed by atoms with van der Waals surface area (Å²) in [6, 6.07) is 33.4. The fraction of sp³-hybridized carbons (Fsp3) is 0.243. The largest absolute Gasteiger partial charge is 0.457 e. The molecular formula is C37H35N3O5S. The Bertz CT molecular complexity index is 1690. The summed E-state index contributed by atoms with van der Waals surface area (Å²) in [5.74, 6) is 1.13. The predicted octanol–water partition coefficient (Wildman–Crippen LogP) is 5.60. The molecule has 9 heteroatoms. The fourth-order valence-electron chi connectivity index (χ4n) is 6.00. The first kappa shape index (κ1) is 31.1. The van der Waals surface area contributed by atoms with Crippen LogP contribution in [0.5, 0.6) is 11.5 Å². The number of nitrogens with one attached hydrogen (secondary N) is 1. The lowest BCUT2D eigenvalue weighted by atomic mass is 9.87. The molecule has 2 fully saturated rings. The van der Waals surface area contributed by atoms with Gasteiger partial charge in [-0.3, -0.25) is 19.2 Å². The van der Waals surface area contributed by atoms with Gasteiger partial charge in [0, 0.05) is 35.2 Å². The second-order valence-corrected chi connectivity index (χ2v) is 12.5. The Balaban J connectivity index is 1.16. The quantitative estimate of drug-likeness (QED) is 0.245. The highest BCUT2D eigenvalue weighted by molar-refractivity contribution is 7.98. The molecule has 4 aromatic rings. The molecule has 3 atom stereocenters. The van der Waals surface area contributed by atoms with Crippen molar-refractivity contribution in [2.75, 3.05) is 18.8 Å². The number of thioether (sulfide) groups is 1. The van der Waals surface area contributed by atoms with Crippen molar-refractivity contribution in [1.82, 2.24) is 15.1 Å². The maximum Gasteiger partial charge on any atom is 0.254 e. The minimum atomic E-state index is -0.853. The fourth-order valence-corrected chi connectivity index (χ4v) is 7.00. The average molecular weight is 634 g/mol. The molecule has 2 aliphatic rings. The van der Waals surface area contributed by atoms with Crippen molar-refractivity contribution in [3.63, 3.8) is 0 Å². The standard InChI is InChI=1S/C37H35N3O5S/c41-34-23-40(36(43)27-13-6-2-7-14-27)29-19-20-39(33(34)22-29)37(44)32(25-46-24-26-11-4-1-5-12-26)38-35(42)28-15-10-18-31(21-28)45-30-16-8-3-9-17-30/h1-18,21,29,32-33H,19-20,22-25H2,(H,38,42)/t29-,32+,33?/m1/s1. The summed E-state index contributed by atoms with van der Waals surface area (Å²) in [4.78, 5) is 57.6. The van der Waals surface area contributed by atoms with Gasteiger partial charge in [0.05, 0.1) is 12.6 Å². The molecule has 8 nitrogen and oxygen atoms in total. The van der Waals surface area contributed by atoms with E-state index < -0.39 is 18.0 Å². The smallest absolute Gasteiger partial charge is 0.254 e. The van der Waals surface area contributed by atoms with Crippen molar-refractivity contribution in [3.8, 4) is 11.5 Å². The Morgan fingerprint density at radius 3 is 2.20 bits per heavy atom. The molecule has 0 radical (unpaired) electrons. The van der Waals surface area contributed by atoms with Gasteiger partial charge in [-0.2, -0.15) is 11.8 Å². The summed E-state index contributed by atoms with van der Waals surface area (Å²) in [6.45, 7) is 0.287. The Hall–Kier alpha value is -4.89. The maximum atomic E-state index is 14.1. The molecule has 2 bridgehead atoms. The highest BCUT2D eigenvalue weighted by atomic mass is 32.2. The van der Waals surface area contributed by atoms with Gasteiger partial charge in [0.2, 0.25) is 5.91 Å². The SMILES string of the molecule is O=C(N[C@@H](CSCc1ccccc1)C(=O)N1CC[C@@H]2CC1C(=O)CN2C(=O)c1ccccc1)c1cccc(Oc2ccccc2)c1. The number of piperidine rings is 2. The number of nitrogens with zero attached hydrogens (tertiary/aromatic N) is 2. The molecule has 4 aromatic carbocycles. The molecule has 1 unspecified atom stereocenters. The van der Waals surface area contributed by atoms with E-state index in [0.29, 0.717) is 53.5 Å². The van der Waals surface area contributed by atoms with Crippen LogP contribution < -0.4 is 10.1 Å². The molecule has 3 amide bonds. The Morgan fingerprint density at radius 2 is 1.46 bits per heavy atom. The number of Topliss-reactive ketones (excluding diaryl/α,β-unsaturated/α-hetero) is 1. The summed E-state index contributed by atoms with van der Waals surface area (Å²) in [5.41, 5.74) is 2.02. The van der Waals surface area contributed by atoms with E-state index in [0.717, 1.165) is 5.56 Å². The summed E-state index contributed by atoms with van der Waals surface area (Å²) in [6.07, 6.45) is 0.949. The maximum absolute atomic E-state index is 14.1. The third kappa shape index (κ3) is 7.32. The number of ether oxygens (including phenoxy) is 1. The topological polar surface area (TPSA) is 96.0 Å². The van der Waals surface area contributed by atoms with E-state index in [1.165, 1.54) is 0 Å². The number of para-hydroxylation sites is 1. The second kappa shape index (κ2) is 14.5. The van der Waals surface area contributed by atoms with Crippen LogP contribution in [0.3, 0.4) is 0 Å². The lowest BCUT2D eigenvalue weighted by Gasteiger charge is -2.47. The summed E-state index contributed by atoms with van der Waals surface area (Å²) in [5, 5.41) is 2.96. The van der Waals surface area contributed by atoms with Gasteiger partial charge >= 0.3 is 0 Å². The molecule has 0 saturated carbocycles. The van der Waals surface area contributed by atoms with E-state index in [1.807, 2.05) is 66.7 Å². The van der Waals surface area contributed by atoms with E-state index in [1.54, 1.807) is 70.1 Å². The Morgan fingerprint density at radius 1 is 0.804 bits per heavy atom. The Labute approximate surface area is 272 Å². The van der Waals surface area contributed by atoms with E-state index in [9.17, 15) is 19.2 Å². The van der Waals surface area contributed by atoms with Gasteiger partial charge in [-0.25, -0.2) is 0 Å². The summed E-state index contributed by atoms with van der Waals surface area (Å²) >= 11 is 1.55. The zero-order chi connectivity index (χ0) is 31.9. The third-order valence-electron chi connectivity index (χ3n) is 8.35. The number of carbonyl (C=O) groups excluding carboxylic acids is 4. The highest BCUT2D eigenvalue weighted by Gasteiger charge is 2.45. The summed E-state index contributed by atoms with van der Waals surface area (Å²) < 4.78 is 5.92. The lowest BCUT2D eigenvalue weighted by molar-refractivity contribution is -0.147. The normalized spacial score (nSPS) is 18.0. The van der Waals surface area contributed by atoms with Crippen LogP contribution in [-0.2, 0) is 15.3 Å². The van der Waals surface area contributed by atoms with Gasteiger partial charge in [-0.1, -0.05) is 72.8 Å². The van der Waals surface area contributed by atoms with Crippen LogP contribution in [0, 0.1) is 0 Å². The first-order valence-corrected chi connectivity index (χ1v) is 16.6. The summed E-state index contributed by atoms with van der Waals surface area (Å²) in [7, 11) is 0. The lowest BCUT2D eigenvalue weighted by Crippen LogP contribution is -2.65. The van der Waals surface area contributed by atoms with Crippen LogP contribution in [-0.4, -0.2) is 70.3 Å². The van der Waals surface area contributed by atoms with Crippen molar-refractivity contribution in [3.05, 3.63) is 132 Å². The van der Waals surface area contributed by atoms with Gasteiger partial charge in [0.15, 0.2) is 5.78 Å². The molecule has 234 valence electrons. The number of fused-ring (bicyclic) bond motifs is 2. The molecular weight excluding hydrogens is 598 g/mol. The van der Waals surface area contributed by atoms with E-state index in [2.05, 4.69) is 5.32 Å². The van der Waals surface area contributed by atoms with Crippen LogP contribution in [0.25, 0.3) is 0 Å².